The quantitative estimate of drug-likeness (QED) is 0.604. The third-order valence-corrected chi connectivity index (χ3v) is 4.10. The second-order valence-electron chi connectivity index (χ2n) is 5.94. The van der Waals surface area contributed by atoms with Gasteiger partial charge < -0.3 is 9.64 Å². The van der Waals surface area contributed by atoms with Crippen LogP contribution in [0.3, 0.4) is 0 Å². The maximum Gasteiger partial charge on any atom is 0.258 e. The molecular formula is C23H20FNO2. The Balaban J connectivity index is 1.87. The highest BCUT2D eigenvalue weighted by molar-refractivity contribution is 6.06. The molecule has 3 rings (SSSR count). The number of hydrogen-bond donors (Lipinski definition) is 0. The van der Waals surface area contributed by atoms with E-state index in [1.165, 1.54) is 18.2 Å². The van der Waals surface area contributed by atoms with Crippen LogP contribution in [0.25, 0.3) is 6.08 Å². The topological polar surface area (TPSA) is 29.5 Å². The van der Waals surface area contributed by atoms with E-state index >= 15 is 0 Å². The lowest BCUT2D eigenvalue weighted by atomic mass is 10.1. The number of halogens is 1. The first-order chi connectivity index (χ1) is 13.2. The van der Waals surface area contributed by atoms with Gasteiger partial charge in [-0.2, -0.15) is 0 Å². The van der Waals surface area contributed by atoms with Crippen molar-refractivity contribution in [3.8, 4) is 5.75 Å². The molecule has 0 atom stereocenters. The average molecular weight is 361 g/mol. The van der Waals surface area contributed by atoms with E-state index in [2.05, 4.69) is 0 Å². The molecule has 0 N–H and O–H groups in total. The number of carbonyl (C=O) groups is 1. The molecule has 0 saturated heterocycles. The lowest BCUT2D eigenvalue weighted by Gasteiger charge is -2.22. The zero-order chi connectivity index (χ0) is 19.1. The number of nitrogens with zero attached hydrogens (tertiary/aromatic N) is 1. The lowest BCUT2D eigenvalue weighted by Crippen LogP contribution is -2.31. The predicted molar refractivity (Wildman–Crippen MR) is 107 cm³/mol. The molecule has 0 aliphatic rings. The highest BCUT2D eigenvalue weighted by Gasteiger charge is 2.17. The van der Waals surface area contributed by atoms with Crippen molar-refractivity contribution in [2.24, 2.45) is 0 Å². The van der Waals surface area contributed by atoms with Crippen molar-refractivity contribution in [3.63, 3.8) is 0 Å². The van der Waals surface area contributed by atoms with E-state index in [0.717, 1.165) is 5.56 Å². The van der Waals surface area contributed by atoms with Crippen LogP contribution in [0.2, 0.25) is 0 Å². The fourth-order valence-electron chi connectivity index (χ4n) is 2.70. The minimum absolute atomic E-state index is 0.266. The molecule has 0 heterocycles. The average Bonchev–Trinajstić information content (AvgIpc) is 2.72. The van der Waals surface area contributed by atoms with Crippen LogP contribution in [0.5, 0.6) is 5.75 Å². The number of anilines is 1. The smallest absolute Gasteiger partial charge is 0.258 e. The number of carbonyl (C=O) groups excluding carboxylic acids is 1. The molecule has 4 heteroatoms. The number of methoxy groups -OCH3 is 1. The molecule has 27 heavy (non-hydrogen) atoms. The van der Waals surface area contributed by atoms with Gasteiger partial charge in [0, 0.05) is 17.8 Å². The number of hydrogen-bond acceptors (Lipinski definition) is 2. The van der Waals surface area contributed by atoms with Crippen molar-refractivity contribution in [1.82, 2.24) is 0 Å². The van der Waals surface area contributed by atoms with Gasteiger partial charge in [0.05, 0.1) is 7.11 Å². The maximum atomic E-state index is 13.6. The third kappa shape index (κ3) is 4.82. The van der Waals surface area contributed by atoms with Crippen LogP contribution in [0.1, 0.15) is 15.9 Å². The molecule has 0 bridgehead atoms. The van der Waals surface area contributed by atoms with Crippen molar-refractivity contribution < 1.29 is 13.9 Å². The van der Waals surface area contributed by atoms with Crippen molar-refractivity contribution in [3.05, 3.63) is 102 Å². The van der Waals surface area contributed by atoms with Gasteiger partial charge in [0.15, 0.2) is 0 Å². The zero-order valence-corrected chi connectivity index (χ0v) is 15.0. The summed E-state index contributed by atoms with van der Waals surface area (Å²) < 4.78 is 18.7. The van der Waals surface area contributed by atoms with E-state index in [0.29, 0.717) is 23.5 Å². The second-order valence-corrected chi connectivity index (χ2v) is 5.94. The third-order valence-electron chi connectivity index (χ3n) is 4.10. The fourth-order valence-corrected chi connectivity index (χ4v) is 2.70. The van der Waals surface area contributed by atoms with Crippen molar-refractivity contribution in [2.75, 3.05) is 18.6 Å². The summed E-state index contributed by atoms with van der Waals surface area (Å²) in [7, 11) is 1.59. The molecule has 0 aromatic heterocycles. The van der Waals surface area contributed by atoms with Crippen LogP contribution in [0, 0.1) is 5.82 Å². The SMILES string of the molecule is COc1ccc(N(C/C=C/c2ccccc2)C(=O)c2cccc(F)c2)cc1. The lowest BCUT2D eigenvalue weighted by molar-refractivity contribution is 0.0989. The Morgan fingerprint density at radius 3 is 2.41 bits per heavy atom. The summed E-state index contributed by atoms with van der Waals surface area (Å²) in [6, 6.07) is 22.8. The molecule has 136 valence electrons. The number of rotatable bonds is 6. The van der Waals surface area contributed by atoms with Gasteiger partial charge in [0.2, 0.25) is 0 Å². The van der Waals surface area contributed by atoms with Crippen molar-refractivity contribution in [1.29, 1.82) is 0 Å². The van der Waals surface area contributed by atoms with Gasteiger partial charge in [-0.25, -0.2) is 4.39 Å². The van der Waals surface area contributed by atoms with Crippen LogP contribution >= 0.6 is 0 Å². The molecule has 0 unspecified atom stereocenters. The van der Waals surface area contributed by atoms with Gasteiger partial charge in [-0.15, -0.1) is 0 Å². The van der Waals surface area contributed by atoms with Gasteiger partial charge in [-0.3, -0.25) is 4.79 Å². The zero-order valence-electron chi connectivity index (χ0n) is 15.0. The molecule has 3 nitrogen and oxygen atoms in total. The highest BCUT2D eigenvalue weighted by atomic mass is 19.1. The summed E-state index contributed by atoms with van der Waals surface area (Å²) in [5.41, 5.74) is 2.06. The van der Waals surface area contributed by atoms with E-state index < -0.39 is 5.82 Å². The molecule has 3 aromatic carbocycles. The van der Waals surface area contributed by atoms with E-state index in [9.17, 15) is 9.18 Å². The fraction of sp³-hybridized carbons (Fsp3) is 0.0870. The monoisotopic (exact) mass is 361 g/mol. The predicted octanol–water partition coefficient (Wildman–Crippen LogP) is 5.19. The van der Waals surface area contributed by atoms with Gasteiger partial charge >= 0.3 is 0 Å². The summed E-state index contributed by atoms with van der Waals surface area (Å²) in [5, 5.41) is 0. The van der Waals surface area contributed by atoms with E-state index in [1.54, 1.807) is 30.2 Å². The Morgan fingerprint density at radius 2 is 1.74 bits per heavy atom. The molecule has 0 saturated carbocycles. The molecule has 0 spiro atoms. The minimum atomic E-state index is -0.435. The molecule has 0 aliphatic heterocycles. The van der Waals surface area contributed by atoms with Crippen molar-refractivity contribution >= 4 is 17.7 Å². The van der Waals surface area contributed by atoms with Gasteiger partial charge in [-0.05, 0) is 48.0 Å². The highest BCUT2D eigenvalue weighted by Crippen LogP contribution is 2.22. The maximum absolute atomic E-state index is 13.6. The summed E-state index contributed by atoms with van der Waals surface area (Å²) >= 11 is 0. The molecule has 1 amide bonds. The van der Waals surface area contributed by atoms with Crippen LogP contribution < -0.4 is 9.64 Å². The Morgan fingerprint density at radius 1 is 1.00 bits per heavy atom. The second kappa shape index (κ2) is 8.81. The summed E-state index contributed by atoms with van der Waals surface area (Å²) in [6.45, 7) is 0.358. The normalized spacial score (nSPS) is 10.7. The first-order valence-corrected chi connectivity index (χ1v) is 8.60. The van der Waals surface area contributed by atoms with Crippen molar-refractivity contribution in [2.45, 2.75) is 0 Å². The van der Waals surface area contributed by atoms with Crippen LogP contribution in [0.4, 0.5) is 10.1 Å². The van der Waals surface area contributed by atoms with Gasteiger partial charge in [-0.1, -0.05) is 48.6 Å². The molecule has 3 aromatic rings. The van der Waals surface area contributed by atoms with Gasteiger partial charge in [0.1, 0.15) is 11.6 Å². The van der Waals surface area contributed by atoms with E-state index in [4.69, 9.17) is 4.74 Å². The molecule has 0 aliphatic carbocycles. The number of benzene rings is 3. The van der Waals surface area contributed by atoms with Crippen LogP contribution in [-0.2, 0) is 0 Å². The largest absolute Gasteiger partial charge is 0.497 e. The summed E-state index contributed by atoms with van der Waals surface area (Å²) in [4.78, 5) is 14.6. The summed E-state index contributed by atoms with van der Waals surface area (Å²) in [5.74, 6) is 0.00414. The van der Waals surface area contributed by atoms with E-state index in [-0.39, 0.29) is 5.91 Å². The first-order valence-electron chi connectivity index (χ1n) is 8.60. The Labute approximate surface area is 158 Å². The standard InChI is InChI=1S/C23H20FNO2/c1-27-22-14-12-21(13-15-22)25(16-6-9-18-7-3-2-4-8-18)23(26)19-10-5-11-20(24)17-19/h2-15,17H,16H2,1H3/b9-6+. The Bertz CT molecular complexity index is 921. The number of ether oxygens (including phenoxy) is 1. The molecule has 0 radical (unpaired) electrons. The van der Waals surface area contributed by atoms with E-state index in [1.807, 2.05) is 54.6 Å². The Hall–Kier alpha value is -3.40. The first kappa shape index (κ1) is 18.4. The van der Waals surface area contributed by atoms with Gasteiger partial charge in [0.25, 0.3) is 5.91 Å². The summed E-state index contributed by atoms with van der Waals surface area (Å²) in [6.07, 6.45) is 3.87. The molecular weight excluding hydrogens is 341 g/mol. The number of amides is 1. The minimum Gasteiger partial charge on any atom is -0.497 e. The Kier molecular flexibility index (Phi) is 6.00. The van der Waals surface area contributed by atoms with Crippen LogP contribution in [0.15, 0.2) is 84.9 Å². The van der Waals surface area contributed by atoms with Crippen LogP contribution in [-0.4, -0.2) is 19.6 Å². The molecule has 0 fully saturated rings.